The van der Waals surface area contributed by atoms with E-state index in [4.69, 9.17) is 34.8 Å². The van der Waals surface area contributed by atoms with E-state index in [1.807, 2.05) is 0 Å². The summed E-state index contributed by atoms with van der Waals surface area (Å²) in [6.45, 7) is 2.83. The predicted octanol–water partition coefficient (Wildman–Crippen LogP) is 3.30. The van der Waals surface area contributed by atoms with E-state index in [1.54, 1.807) is 6.07 Å². The average molecular weight is 345 g/mol. The molecule has 0 spiro atoms. The first-order valence-electron chi connectivity index (χ1n) is 5.37. The van der Waals surface area contributed by atoms with Gasteiger partial charge in [0.05, 0.1) is 21.5 Å². The van der Waals surface area contributed by atoms with Crippen molar-refractivity contribution in [3.63, 3.8) is 0 Å². The molecule has 0 aliphatic rings. The van der Waals surface area contributed by atoms with Crippen LogP contribution in [0.4, 0.5) is 5.69 Å². The van der Waals surface area contributed by atoms with E-state index in [-0.39, 0.29) is 21.5 Å². The second-order valence-electron chi connectivity index (χ2n) is 3.75. The van der Waals surface area contributed by atoms with Crippen molar-refractivity contribution in [1.29, 1.82) is 0 Å². The normalized spacial score (nSPS) is 13.1. The zero-order chi connectivity index (χ0) is 14.8. The van der Waals surface area contributed by atoms with Crippen LogP contribution in [0, 0.1) is 0 Å². The molecule has 0 bridgehead atoms. The highest BCUT2D eigenvalue weighted by atomic mass is 35.5. The molecule has 19 heavy (non-hydrogen) atoms. The van der Waals surface area contributed by atoms with Gasteiger partial charge in [0, 0.05) is 0 Å². The van der Waals surface area contributed by atoms with Gasteiger partial charge in [0.15, 0.2) is 0 Å². The number of sulfonamides is 1. The van der Waals surface area contributed by atoms with Gasteiger partial charge in [-0.15, -0.1) is 0 Å². The summed E-state index contributed by atoms with van der Waals surface area (Å²) in [5, 5.41) is -0.545. The smallest absolute Gasteiger partial charge is 0.245 e. The Bertz CT molecular complexity index is 569. The zero-order valence-electron chi connectivity index (χ0n) is 10.2. The third kappa shape index (κ3) is 3.54. The number of nitrogens with zero attached hydrogens (tertiary/aromatic N) is 1. The van der Waals surface area contributed by atoms with Crippen molar-refractivity contribution in [3.05, 3.63) is 28.2 Å². The van der Waals surface area contributed by atoms with Gasteiger partial charge < -0.3 is 0 Å². The first-order chi connectivity index (χ1) is 8.72. The van der Waals surface area contributed by atoms with E-state index in [9.17, 15) is 13.2 Å². The number of hydrogen-bond donors (Lipinski definition) is 0. The Morgan fingerprint density at radius 3 is 2.16 bits per heavy atom. The molecule has 1 unspecified atom stereocenters. The molecule has 0 heterocycles. The molecular weight excluding hydrogens is 333 g/mol. The van der Waals surface area contributed by atoms with Gasteiger partial charge >= 0.3 is 0 Å². The molecule has 1 aromatic carbocycles. The lowest BCUT2D eigenvalue weighted by atomic mass is 10.3. The second kappa shape index (κ2) is 6.31. The lowest BCUT2D eigenvalue weighted by Gasteiger charge is -2.29. The minimum Gasteiger partial charge on any atom is -0.279 e. The van der Waals surface area contributed by atoms with E-state index < -0.39 is 21.3 Å². The monoisotopic (exact) mass is 343 g/mol. The van der Waals surface area contributed by atoms with E-state index in [0.717, 1.165) is 4.31 Å². The molecule has 0 saturated heterocycles. The molecule has 0 aliphatic carbocycles. The van der Waals surface area contributed by atoms with Crippen molar-refractivity contribution in [2.24, 2.45) is 0 Å². The van der Waals surface area contributed by atoms with Gasteiger partial charge in [-0.3, -0.25) is 9.10 Å². The summed E-state index contributed by atoms with van der Waals surface area (Å²) in [6.07, 6.45) is 0. The number of carbonyl (C=O) groups excluding carboxylic acids is 1. The second-order valence-corrected chi connectivity index (χ2v) is 7.07. The summed E-state index contributed by atoms with van der Waals surface area (Å²) in [5.41, 5.74) is 0.0641. The van der Waals surface area contributed by atoms with Crippen molar-refractivity contribution >= 4 is 55.8 Å². The van der Waals surface area contributed by atoms with E-state index >= 15 is 0 Å². The number of carbonyl (C=O) groups is 1. The van der Waals surface area contributed by atoms with Crippen LogP contribution in [0.25, 0.3) is 0 Å². The predicted molar refractivity (Wildman–Crippen MR) is 78.7 cm³/mol. The number of halogens is 3. The minimum atomic E-state index is -3.74. The topological polar surface area (TPSA) is 54.5 Å². The third-order valence-corrected chi connectivity index (χ3v) is 5.26. The van der Waals surface area contributed by atoms with Crippen molar-refractivity contribution < 1.29 is 13.2 Å². The van der Waals surface area contributed by atoms with Gasteiger partial charge in [-0.05, 0) is 37.6 Å². The van der Waals surface area contributed by atoms with Crippen LogP contribution in [-0.4, -0.2) is 25.5 Å². The van der Waals surface area contributed by atoms with E-state index in [2.05, 4.69) is 0 Å². The summed E-state index contributed by atoms with van der Waals surface area (Å²) in [4.78, 5) is 11.3. The molecule has 1 aromatic rings. The largest absolute Gasteiger partial charge is 0.279 e. The fraction of sp³-hybridized carbons (Fsp3) is 0.364. The van der Waals surface area contributed by atoms with Crippen LogP contribution in [0.3, 0.4) is 0 Å². The molecule has 4 nitrogen and oxygen atoms in total. The molecule has 0 aliphatic heterocycles. The highest BCUT2D eigenvalue weighted by Gasteiger charge is 2.32. The molecule has 106 valence electrons. The van der Waals surface area contributed by atoms with Crippen LogP contribution >= 0.6 is 34.8 Å². The fourth-order valence-electron chi connectivity index (χ4n) is 1.50. The minimum absolute atomic E-state index is 0.0641. The van der Waals surface area contributed by atoms with E-state index in [1.165, 1.54) is 26.0 Å². The van der Waals surface area contributed by atoms with Gasteiger partial charge in [0.2, 0.25) is 15.3 Å². The Hall–Kier alpha value is -0.490. The van der Waals surface area contributed by atoms with Gasteiger partial charge in [0.25, 0.3) is 0 Å². The number of rotatable bonds is 5. The lowest BCUT2D eigenvalue weighted by Crippen LogP contribution is -2.43. The third-order valence-electron chi connectivity index (χ3n) is 2.50. The molecule has 0 N–H and O–H groups in total. The summed E-state index contributed by atoms with van der Waals surface area (Å²) in [7, 11) is -3.74. The van der Waals surface area contributed by atoms with Crippen LogP contribution in [0.2, 0.25) is 10.0 Å². The van der Waals surface area contributed by atoms with Crippen LogP contribution in [-0.2, 0) is 14.8 Å². The molecule has 0 radical (unpaired) electrons. The maximum Gasteiger partial charge on any atom is 0.245 e. The van der Waals surface area contributed by atoms with Gasteiger partial charge in [-0.2, -0.15) is 0 Å². The van der Waals surface area contributed by atoms with Crippen LogP contribution in [0.1, 0.15) is 13.8 Å². The number of hydrogen-bond acceptors (Lipinski definition) is 3. The molecule has 0 fully saturated rings. The van der Waals surface area contributed by atoms with Crippen molar-refractivity contribution in [1.82, 2.24) is 0 Å². The Kier molecular flexibility index (Phi) is 5.50. The van der Waals surface area contributed by atoms with Crippen LogP contribution < -0.4 is 4.31 Å². The Morgan fingerprint density at radius 1 is 1.32 bits per heavy atom. The SMILES string of the molecule is CCS(=O)(=O)N(c1c(Cl)cccc1Cl)C(C)C(=O)Cl. The van der Waals surface area contributed by atoms with E-state index in [0.29, 0.717) is 0 Å². The first kappa shape index (κ1) is 16.6. The van der Waals surface area contributed by atoms with Crippen LogP contribution in [0.15, 0.2) is 18.2 Å². The summed E-state index contributed by atoms with van der Waals surface area (Å²) >= 11 is 17.4. The lowest BCUT2D eigenvalue weighted by molar-refractivity contribution is -0.112. The van der Waals surface area contributed by atoms with Crippen molar-refractivity contribution in [2.75, 3.05) is 10.1 Å². The Labute approximate surface area is 127 Å². The fourth-order valence-corrected chi connectivity index (χ4v) is 3.67. The van der Waals surface area contributed by atoms with Gasteiger partial charge in [0.1, 0.15) is 6.04 Å². The average Bonchev–Trinajstić information content (AvgIpc) is 2.32. The maximum absolute atomic E-state index is 12.1. The number of para-hydroxylation sites is 1. The Morgan fingerprint density at radius 2 is 1.79 bits per heavy atom. The van der Waals surface area contributed by atoms with Crippen molar-refractivity contribution in [3.8, 4) is 0 Å². The maximum atomic E-state index is 12.1. The standard InChI is InChI=1S/C11H12Cl3NO3S/c1-3-19(17,18)15(7(2)11(14)16)10-8(12)5-4-6-9(10)13/h4-7H,3H2,1-2H3. The number of benzene rings is 1. The Balaban J connectivity index is 3.54. The first-order valence-corrected chi connectivity index (χ1v) is 8.12. The highest BCUT2D eigenvalue weighted by molar-refractivity contribution is 7.92. The quantitative estimate of drug-likeness (QED) is 0.770. The molecule has 0 amide bonds. The summed E-state index contributed by atoms with van der Waals surface area (Å²) in [5.74, 6) is -0.205. The molecule has 0 saturated carbocycles. The zero-order valence-corrected chi connectivity index (χ0v) is 13.3. The summed E-state index contributed by atoms with van der Waals surface area (Å²) < 4.78 is 25.2. The molecule has 1 atom stereocenters. The molecule has 0 aromatic heterocycles. The number of anilines is 1. The van der Waals surface area contributed by atoms with Gasteiger partial charge in [-0.1, -0.05) is 29.3 Å². The summed E-state index contributed by atoms with van der Waals surface area (Å²) in [6, 6.07) is 3.47. The molecule has 8 heteroatoms. The van der Waals surface area contributed by atoms with Crippen molar-refractivity contribution in [2.45, 2.75) is 19.9 Å². The highest BCUT2D eigenvalue weighted by Crippen LogP contribution is 2.36. The van der Waals surface area contributed by atoms with Crippen LogP contribution in [0.5, 0.6) is 0 Å². The van der Waals surface area contributed by atoms with Gasteiger partial charge in [-0.25, -0.2) is 8.42 Å². The molecular formula is C11H12Cl3NO3S. The molecule has 1 rings (SSSR count).